The van der Waals surface area contributed by atoms with Gasteiger partial charge in [0.2, 0.25) is 5.91 Å². The molecule has 2 N–H and O–H groups in total. The molecular formula is C19H21ClN2O4. The zero-order valence-electron chi connectivity index (χ0n) is 14.9. The Bertz CT molecular complexity index is 823. The fourth-order valence-corrected chi connectivity index (χ4v) is 2.78. The van der Waals surface area contributed by atoms with Crippen LogP contribution >= 0.6 is 11.6 Å². The molecule has 0 aliphatic rings. The summed E-state index contributed by atoms with van der Waals surface area (Å²) >= 11 is 6.23. The molecule has 0 aliphatic carbocycles. The summed E-state index contributed by atoms with van der Waals surface area (Å²) < 4.78 is 10.7. The standard InChI is InChI=1S/C19H21ClN2O4/c1-4-26-17-15(20)9-14(10-16(17)25-3)19(24)22(2)11-12-6-5-7-13(8-12)18(21)23/h5-10H,4,11H2,1-3H3,(H2,21,23). The maximum atomic E-state index is 12.7. The van der Waals surface area contributed by atoms with E-state index in [1.165, 1.54) is 12.0 Å². The molecule has 0 heterocycles. The van der Waals surface area contributed by atoms with Crippen molar-refractivity contribution in [1.29, 1.82) is 0 Å². The quantitative estimate of drug-likeness (QED) is 0.804. The number of halogens is 1. The lowest BCUT2D eigenvalue weighted by Crippen LogP contribution is -2.26. The van der Waals surface area contributed by atoms with Gasteiger partial charge in [0.25, 0.3) is 5.91 Å². The van der Waals surface area contributed by atoms with E-state index in [1.807, 2.05) is 13.0 Å². The highest BCUT2D eigenvalue weighted by Crippen LogP contribution is 2.36. The fourth-order valence-electron chi connectivity index (χ4n) is 2.52. The van der Waals surface area contributed by atoms with Crippen LogP contribution in [0.15, 0.2) is 36.4 Å². The van der Waals surface area contributed by atoms with Gasteiger partial charge in [-0.25, -0.2) is 0 Å². The second-order valence-corrected chi connectivity index (χ2v) is 6.06. The van der Waals surface area contributed by atoms with Crippen molar-refractivity contribution in [2.24, 2.45) is 5.73 Å². The molecule has 0 atom stereocenters. The van der Waals surface area contributed by atoms with Crippen molar-refractivity contribution >= 4 is 23.4 Å². The topological polar surface area (TPSA) is 81.9 Å². The minimum atomic E-state index is -0.510. The molecular weight excluding hydrogens is 356 g/mol. The number of nitrogens with two attached hydrogens (primary N) is 1. The number of methoxy groups -OCH3 is 1. The number of hydrogen-bond acceptors (Lipinski definition) is 4. The Kier molecular flexibility index (Phi) is 6.46. The number of rotatable bonds is 7. The highest BCUT2D eigenvalue weighted by molar-refractivity contribution is 6.32. The first-order valence-electron chi connectivity index (χ1n) is 8.01. The monoisotopic (exact) mass is 376 g/mol. The Labute approximate surface area is 157 Å². The zero-order chi connectivity index (χ0) is 19.3. The Morgan fingerprint density at radius 3 is 2.54 bits per heavy atom. The molecule has 2 rings (SSSR count). The van der Waals surface area contributed by atoms with Gasteiger partial charge in [0, 0.05) is 24.7 Å². The van der Waals surface area contributed by atoms with E-state index in [-0.39, 0.29) is 5.91 Å². The number of carbonyl (C=O) groups excluding carboxylic acids is 2. The summed E-state index contributed by atoms with van der Waals surface area (Å²) in [7, 11) is 3.15. The molecule has 0 fully saturated rings. The molecule has 7 heteroatoms. The maximum absolute atomic E-state index is 12.7. The van der Waals surface area contributed by atoms with E-state index in [1.54, 1.807) is 37.4 Å². The van der Waals surface area contributed by atoms with Crippen LogP contribution in [0.25, 0.3) is 0 Å². The van der Waals surface area contributed by atoms with Crippen LogP contribution < -0.4 is 15.2 Å². The number of primary amides is 1. The second-order valence-electron chi connectivity index (χ2n) is 5.65. The number of nitrogens with zero attached hydrogens (tertiary/aromatic N) is 1. The minimum absolute atomic E-state index is 0.238. The van der Waals surface area contributed by atoms with Crippen molar-refractivity contribution < 1.29 is 19.1 Å². The van der Waals surface area contributed by atoms with E-state index in [9.17, 15) is 9.59 Å². The zero-order valence-corrected chi connectivity index (χ0v) is 15.7. The molecule has 2 aromatic carbocycles. The lowest BCUT2D eigenvalue weighted by Gasteiger charge is -2.19. The molecule has 0 aromatic heterocycles. The van der Waals surface area contributed by atoms with Gasteiger partial charge in [-0.3, -0.25) is 9.59 Å². The summed E-state index contributed by atoms with van der Waals surface area (Å²) in [5.74, 6) is 0.0541. The molecule has 6 nitrogen and oxygen atoms in total. The average Bonchev–Trinajstić information content (AvgIpc) is 2.62. The van der Waals surface area contributed by atoms with Crippen molar-refractivity contribution in [2.45, 2.75) is 13.5 Å². The molecule has 0 spiro atoms. The number of hydrogen-bond donors (Lipinski definition) is 1. The van der Waals surface area contributed by atoms with E-state index in [0.29, 0.717) is 40.8 Å². The third kappa shape index (κ3) is 4.46. The Hall–Kier alpha value is -2.73. The number of amides is 2. The van der Waals surface area contributed by atoms with Gasteiger partial charge in [0.05, 0.1) is 18.7 Å². The van der Waals surface area contributed by atoms with E-state index >= 15 is 0 Å². The van der Waals surface area contributed by atoms with Crippen molar-refractivity contribution in [3.05, 3.63) is 58.1 Å². The van der Waals surface area contributed by atoms with Crippen LogP contribution in [-0.2, 0) is 6.54 Å². The summed E-state index contributed by atoms with van der Waals surface area (Å²) in [5, 5.41) is 0.304. The number of benzene rings is 2. The van der Waals surface area contributed by atoms with Crippen molar-refractivity contribution in [2.75, 3.05) is 20.8 Å². The van der Waals surface area contributed by atoms with Crippen LogP contribution in [0.1, 0.15) is 33.2 Å². The predicted octanol–water partition coefficient (Wildman–Crippen LogP) is 3.12. The highest BCUT2D eigenvalue weighted by atomic mass is 35.5. The first-order valence-corrected chi connectivity index (χ1v) is 8.39. The molecule has 26 heavy (non-hydrogen) atoms. The van der Waals surface area contributed by atoms with Crippen LogP contribution in [0.5, 0.6) is 11.5 Å². The summed E-state index contributed by atoms with van der Waals surface area (Å²) in [6.45, 7) is 2.58. The van der Waals surface area contributed by atoms with Crippen molar-refractivity contribution in [1.82, 2.24) is 4.90 Å². The van der Waals surface area contributed by atoms with E-state index in [0.717, 1.165) is 5.56 Å². The van der Waals surface area contributed by atoms with E-state index < -0.39 is 5.91 Å². The van der Waals surface area contributed by atoms with E-state index in [4.69, 9.17) is 26.8 Å². The molecule has 0 aliphatic heterocycles. The number of ether oxygens (including phenoxy) is 2. The highest BCUT2D eigenvalue weighted by Gasteiger charge is 2.18. The summed E-state index contributed by atoms with van der Waals surface area (Å²) in [6, 6.07) is 9.98. The third-order valence-electron chi connectivity index (χ3n) is 3.74. The third-order valence-corrected chi connectivity index (χ3v) is 4.02. The van der Waals surface area contributed by atoms with Gasteiger partial charge in [-0.15, -0.1) is 0 Å². The average molecular weight is 377 g/mol. The van der Waals surface area contributed by atoms with Crippen LogP contribution in [-0.4, -0.2) is 37.5 Å². The minimum Gasteiger partial charge on any atom is -0.493 e. The lowest BCUT2D eigenvalue weighted by molar-refractivity contribution is 0.0784. The summed E-state index contributed by atoms with van der Waals surface area (Å²) in [6.07, 6.45) is 0. The van der Waals surface area contributed by atoms with Crippen LogP contribution in [0, 0.1) is 0 Å². The van der Waals surface area contributed by atoms with Crippen LogP contribution in [0.3, 0.4) is 0 Å². The van der Waals surface area contributed by atoms with Crippen LogP contribution in [0.4, 0.5) is 0 Å². The molecule has 2 aromatic rings. The van der Waals surface area contributed by atoms with Crippen LogP contribution in [0.2, 0.25) is 5.02 Å². The predicted molar refractivity (Wildman–Crippen MR) is 99.9 cm³/mol. The summed E-state index contributed by atoms with van der Waals surface area (Å²) in [4.78, 5) is 25.5. The Morgan fingerprint density at radius 1 is 1.19 bits per heavy atom. The van der Waals surface area contributed by atoms with Gasteiger partial charge in [-0.1, -0.05) is 23.7 Å². The second kappa shape index (κ2) is 8.58. The summed E-state index contributed by atoms with van der Waals surface area (Å²) in [5.41, 5.74) is 6.86. The Balaban J connectivity index is 2.24. The van der Waals surface area contributed by atoms with Gasteiger partial charge in [0.15, 0.2) is 11.5 Å². The van der Waals surface area contributed by atoms with Gasteiger partial charge in [0.1, 0.15) is 0 Å². The van der Waals surface area contributed by atoms with Crippen molar-refractivity contribution in [3.8, 4) is 11.5 Å². The molecule has 0 saturated carbocycles. The first kappa shape index (κ1) is 19.6. The number of carbonyl (C=O) groups is 2. The molecule has 0 unspecified atom stereocenters. The van der Waals surface area contributed by atoms with Gasteiger partial charge >= 0.3 is 0 Å². The largest absolute Gasteiger partial charge is 0.493 e. The molecule has 0 radical (unpaired) electrons. The lowest BCUT2D eigenvalue weighted by atomic mass is 10.1. The first-order chi connectivity index (χ1) is 12.4. The smallest absolute Gasteiger partial charge is 0.254 e. The van der Waals surface area contributed by atoms with Gasteiger partial charge < -0.3 is 20.1 Å². The van der Waals surface area contributed by atoms with Crippen molar-refractivity contribution in [3.63, 3.8) is 0 Å². The molecule has 0 bridgehead atoms. The normalized spacial score (nSPS) is 10.3. The molecule has 138 valence electrons. The molecule has 2 amide bonds. The SMILES string of the molecule is CCOc1c(Cl)cc(C(=O)N(C)Cc2cccc(C(N)=O)c2)cc1OC. The van der Waals surface area contributed by atoms with E-state index in [2.05, 4.69) is 0 Å². The Morgan fingerprint density at radius 2 is 1.92 bits per heavy atom. The molecule has 0 saturated heterocycles. The van der Waals surface area contributed by atoms with Gasteiger partial charge in [-0.05, 0) is 36.8 Å². The maximum Gasteiger partial charge on any atom is 0.254 e. The van der Waals surface area contributed by atoms with Gasteiger partial charge in [-0.2, -0.15) is 0 Å². The fraction of sp³-hybridized carbons (Fsp3) is 0.263.